The zero-order valence-corrected chi connectivity index (χ0v) is 11.0. The average Bonchev–Trinajstić information content (AvgIpc) is 2.30. The van der Waals surface area contributed by atoms with Crippen molar-refractivity contribution in [2.75, 3.05) is 0 Å². The van der Waals surface area contributed by atoms with E-state index >= 15 is 0 Å². The molecule has 0 amide bonds. The molecule has 2 heteroatoms. The van der Waals surface area contributed by atoms with Crippen LogP contribution in [0, 0.1) is 5.92 Å². The third-order valence-corrected chi connectivity index (χ3v) is 7.24. The van der Waals surface area contributed by atoms with E-state index in [9.17, 15) is 0 Å². The number of hydrogen-bond acceptors (Lipinski definition) is 1. The average molecular weight is 224 g/mol. The van der Waals surface area contributed by atoms with Crippen LogP contribution in [0.3, 0.4) is 0 Å². The zero-order valence-electron chi connectivity index (χ0n) is 10.0. The van der Waals surface area contributed by atoms with E-state index in [4.69, 9.17) is 4.43 Å². The lowest BCUT2D eigenvalue weighted by Gasteiger charge is -2.40. The van der Waals surface area contributed by atoms with E-state index < -0.39 is 8.32 Å². The van der Waals surface area contributed by atoms with Gasteiger partial charge >= 0.3 is 0 Å². The first-order valence-corrected chi connectivity index (χ1v) is 9.24. The molecule has 1 saturated heterocycles. The lowest BCUT2D eigenvalue weighted by molar-refractivity contribution is 0.0797. The van der Waals surface area contributed by atoms with Crippen LogP contribution in [0.4, 0.5) is 0 Å². The van der Waals surface area contributed by atoms with Crippen molar-refractivity contribution in [2.24, 2.45) is 5.92 Å². The van der Waals surface area contributed by atoms with Crippen LogP contribution >= 0.6 is 0 Å². The summed E-state index contributed by atoms with van der Waals surface area (Å²) >= 11 is 0. The number of hydrogen-bond donors (Lipinski definition) is 0. The van der Waals surface area contributed by atoms with Gasteiger partial charge in [-0.05, 0) is 37.8 Å². The van der Waals surface area contributed by atoms with Gasteiger partial charge in [0, 0.05) is 6.10 Å². The quantitative estimate of drug-likeness (QED) is 0.643. The predicted molar refractivity (Wildman–Crippen MR) is 67.3 cm³/mol. The van der Waals surface area contributed by atoms with Crippen LogP contribution in [0.1, 0.15) is 44.9 Å². The van der Waals surface area contributed by atoms with Gasteiger partial charge in [0.15, 0.2) is 0 Å². The van der Waals surface area contributed by atoms with Gasteiger partial charge in [-0.15, -0.1) is 6.58 Å². The van der Waals surface area contributed by atoms with Crippen molar-refractivity contribution >= 4 is 8.32 Å². The monoisotopic (exact) mass is 224 g/mol. The van der Waals surface area contributed by atoms with Crippen LogP contribution in [0.25, 0.3) is 0 Å². The highest BCUT2D eigenvalue weighted by atomic mass is 28.4. The first-order valence-electron chi connectivity index (χ1n) is 6.55. The third-order valence-electron chi connectivity index (χ3n) is 4.19. The second-order valence-corrected chi connectivity index (χ2v) is 9.23. The van der Waals surface area contributed by atoms with Crippen molar-refractivity contribution in [1.29, 1.82) is 0 Å². The van der Waals surface area contributed by atoms with Crippen LogP contribution in [0.2, 0.25) is 12.6 Å². The van der Waals surface area contributed by atoms with Gasteiger partial charge in [0.05, 0.1) is 0 Å². The summed E-state index contributed by atoms with van der Waals surface area (Å²) < 4.78 is 6.38. The van der Waals surface area contributed by atoms with Crippen molar-refractivity contribution in [3.63, 3.8) is 0 Å². The Morgan fingerprint density at radius 1 is 1.13 bits per heavy atom. The molecule has 1 heterocycles. The van der Waals surface area contributed by atoms with Gasteiger partial charge in [0.1, 0.15) is 0 Å². The molecular formula is C13H24OSi. The molecule has 15 heavy (non-hydrogen) atoms. The summed E-state index contributed by atoms with van der Waals surface area (Å²) in [5, 5.41) is 0. The van der Waals surface area contributed by atoms with Gasteiger partial charge in [-0.3, -0.25) is 0 Å². The molecule has 2 rings (SSSR count). The highest BCUT2D eigenvalue weighted by molar-refractivity contribution is 6.77. The molecule has 1 aliphatic carbocycles. The molecule has 2 atom stereocenters. The summed E-state index contributed by atoms with van der Waals surface area (Å²) in [7, 11) is -1.49. The van der Waals surface area contributed by atoms with Crippen molar-refractivity contribution < 1.29 is 4.43 Å². The molecule has 86 valence electrons. The molecule has 0 radical (unpaired) electrons. The first kappa shape index (κ1) is 11.4. The Labute approximate surface area is 95.0 Å². The van der Waals surface area contributed by atoms with Crippen molar-refractivity contribution in [1.82, 2.24) is 0 Å². The Balaban J connectivity index is 1.94. The standard InChI is InChI=1S/C13H24OSi/c1-3-15(2)11-7-10-13(14-15)12-8-5-4-6-9-12/h3,12-13H,1,4-11H2,2H3. The molecular weight excluding hydrogens is 200 g/mol. The SMILES string of the molecule is C=C[Si]1(C)CCCC(C2CCCCC2)O1. The second-order valence-electron chi connectivity index (χ2n) is 5.46. The highest BCUT2D eigenvalue weighted by Crippen LogP contribution is 2.36. The molecule has 0 N–H and O–H groups in total. The molecule has 2 fully saturated rings. The van der Waals surface area contributed by atoms with Crippen LogP contribution in [0.5, 0.6) is 0 Å². The summed E-state index contributed by atoms with van der Waals surface area (Å²) in [6.07, 6.45) is 10.4. The van der Waals surface area contributed by atoms with Crippen LogP contribution < -0.4 is 0 Å². The van der Waals surface area contributed by atoms with Gasteiger partial charge in [-0.2, -0.15) is 0 Å². The van der Waals surface area contributed by atoms with Gasteiger partial charge in [0.2, 0.25) is 8.32 Å². The molecule has 1 aliphatic heterocycles. The van der Waals surface area contributed by atoms with E-state index in [1.54, 1.807) is 0 Å². The van der Waals surface area contributed by atoms with Crippen molar-refractivity contribution in [3.05, 3.63) is 12.3 Å². The Morgan fingerprint density at radius 3 is 2.53 bits per heavy atom. The van der Waals surface area contributed by atoms with E-state index in [0.717, 1.165) is 5.92 Å². The summed E-state index contributed by atoms with van der Waals surface area (Å²) in [6, 6.07) is 1.29. The zero-order chi connectivity index (χ0) is 10.7. The summed E-state index contributed by atoms with van der Waals surface area (Å²) in [5.74, 6) is 0.867. The first-order chi connectivity index (χ1) is 7.23. The predicted octanol–water partition coefficient (Wildman–Crippen LogP) is 4.05. The smallest absolute Gasteiger partial charge is 0.213 e. The van der Waals surface area contributed by atoms with Crippen LogP contribution in [-0.2, 0) is 4.43 Å². The maximum Gasteiger partial charge on any atom is 0.213 e. The van der Waals surface area contributed by atoms with E-state index in [1.165, 1.54) is 51.0 Å². The third kappa shape index (κ3) is 2.73. The molecule has 0 spiro atoms. The summed E-state index contributed by atoms with van der Waals surface area (Å²) in [5.41, 5.74) is 2.14. The fourth-order valence-electron chi connectivity index (χ4n) is 3.11. The summed E-state index contributed by atoms with van der Waals surface area (Å²) in [6.45, 7) is 6.30. The molecule has 0 aromatic carbocycles. The fourth-order valence-corrected chi connectivity index (χ4v) is 5.43. The van der Waals surface area contributed by atoms with Gasteiger partial charge < -0.3 is 4.43 Å². The molecule has 2 unspecified atom stereocenters. The van der Waals surface area contributed by atoms with Crippen LogP contribution in [0.15, 0.2) is 12.3 Å². The van der Waals surface area contributed by atoms with E-state index in [-0.39, 0.29) is 0 Å². The minimum atomic E-state index is -1.49. The number of rotatable bonds is 2. The normalized spacial score (nSPS) is 38.9. The van der Waals surface area contributed by atoms with Gasteiger partial charge in [0.25, 0.3) is 0 Å². The maximum atomic E-state index is 6.38. The summed E-state index contributed by atoms with van der Waals surface area (Å²) in [4.78, 5) is 0. The van der Waals surface area contributed by atoms with Crippen LogP contribution in [-0.4, -0.2) is 14.4 Å². The fraction of sp³-hybridized carbons (Fsp3) is 0.846. The van der Waals surface area contributed by atoms with Gasteiger partial charge in [-0.1, -0.05) is 31.4 Å². The van der Waals surface area contributed by atoms with E-state index in [1.807, 2.05) is 0 Å². The highest BCUT2D eigenvalue weighted by Gasteiger charge is 2.36. The molecule has 0 aromatic rings. The lowest BCUT2D eigenvalue weighted by Crippen LogP contribution is -2.44. The Hall–Kier alpha value is -0.0831. The van der Waals surface area contributed by atoms with Gasteiger partial charge in [-0.25, -0.2) is 0 Å². The topological polar surface area (TPSA) is 9.23 Å². The minimum absolute atomic E-state index is 0.578. The Kier molecular flexibility index (Phi) is 3.67. The van der Waals surface area contributed by atoms with E-state index in [0.29, 0.717) is 6.10 Å². The molecule has 1 nitrogen and oxygen atoms in total. The Bertz CT molecular complexity index is 223. The molecule has 1 saturated carbocycles. The maximum absolute atomic E-state index is 6.38. The lowest BCUT2D eigenvalue weighted by atomic mass is 9.84. The molecule has 2 aliphatic rings. The molecule has 0 aromatic heterocycles. The molecule has 0 bridgehead atoms. The Morgan fingerprint density at radius 2 is 1.87 bits per heavy atom. The largest absolute Gasteiger partial charge is 0.410 e. The minimum Gasteiger partial charge on any atom is -0.410 e. The second kappa shape index (κ2) is 4.83. The van der Waals surface area contributed by atoms with Crippen molar-refractivity contribution in [2.45, 2.75) is 63.6 Å². The van der Waals surface area contributed by atoms with E-state index in [2.05, 4.69) is 18.8 Å². The van der Waals surface area contributed by atoms with Crippen molar-refractivity contribution in [3.8, 4) is 0 Å².